The Balaban J connectivity index is 3.20. The van der Waals surface area contributed by atoms with Crippen LogP contribution in [-0.2, 0) is 6.42 Å². The maximum Gasteiger partial charge on any atom is 0.410 e. The number of hydrogen-bond acceptors (Lipinski definition) is 3. The monoisotopic (exact) mass is 250 g/mol. The Labute approximate surface area is 95.8 Å². The molecule has 0 spiro atoms. The summed E-state index contributed by atoms with van der Waals surface area (Å²) in [7, 11) is 0. The van der Waals surface area contributed by atoms with E-state index in [2.05, 4.69) is 10.3 Å². The number of hydrogen-bond donors (Lipinski definition) is 1. The molecular formula is C9H13F3N4O. The van der Waals surface area contributed by atoms with Crippen molar-refractivity contribution in [2.45, 2.75) is 38.9 Å². The maximum absolute atomic E-state index is 12.6. The first-order chi connectivity index (χ1) is 7.79. The summed E-state index contributed by atoms with van der Waals surface area (Å²) in [6.07, 6.45) is -3.60. The minimum Gasteiger partial charge on any atom is -0.364 e. The summed E-state index contributed by atoms with van der Waals surface area (Å²) >= 11 is 0. The molecule has 0 saturated heterocycles. The highest BCUT2D eigenvalue weighted by atomic mass is 19.4. The average molecular weight is 250 g/mol. The molecule has 0 aliphatic heterocycles. The van der Waals surface area contributed by atoms with E-state index in [-0.39, 0.29) is 17.8 Å². The zero-order valence-corrected chi connectivity index (χ0v) is 9.45. The summed E-state index contributed by atoms with van der Waals surface area (Å²) in [5.41, 5.74) is 4.97. The van der Waals surface area contributed by atoms with E-state index >= 15 is 0 Å². The summed E-state index contributed by atoms with van der Waals surface area (Å²) in [6.45, 7) is 2.74. The van der Waals surface area contributed by atoms with Gasteiger partial charge in [-0.3, -0.25) is 4.79 Å². The van der Waals surface area contributed by atoms with E-state index in [0.29, 0.717) is 11.1 Å². The molecule has 1 unspecified atom stereocenters. The molecule has 0 saturated carbocycles. The quantitative estimate of drug-likeness (QED) is 0.878. The highest BCUT2D eigenvalue weighted by molar-refractivity contribution is 5.91. The lowest BCUT2D eigenvalue weighted by Crippen LogP contribution is -2.26. The van der Waals surface area contributed by atoms with Gasteiger partial charge < -0.3 is 5.73 Å². The molecule has 1 aromatic rings. The Bertz CT molecular complexity index is 413. The molecule has 1 rings (SSSR count). The Morgan fingerprint density at radius 3 is 2.53 bits per heavy atom. The van der Waals surface area contributed by atoms with Gasteiger partial charge in [-0.2, -0.15) is 13.2 Å². The molecule has 0 fully saturated rings. The Hall–Kier alpha value is -1.60. The molecule has 1 atom stereocenters. The van der Waals surface area contributed by atoms with Crippen molar-refractivity contribution in [3.63, 3.8) is 0 Å². The van der Waals surface area contributed by atoms with Gasteiger partial charge in [0.15, 0.2) is 5.69 Å². The van der Waals surface area contributed by atoms with E-state index in [0.717, 1.165) is 6.92 Å². The molecular weight excluding hydrogens is 237 g/mol. The molecule has 96 valence electrons. The third-order valence-corrected chi connectivity index (χ3v) is 2.35. The van der Waals surface area contributed by atoms with Crippen LogP contribution in [0.25, 0.3) is 0 Å². The molecule has 2 N–H and O–H groups in total. The van der Waals surface area contributed by atoms with Crippen molar-refractivity contribution in [2.24, 2.45) is 5.73 Å². The number of carbonyl (C=O) groups excluding carboxylic acids is 1. The molecule has 1 amide bonds. The summed E-state index contributed by atoms with van der Waals surface area (Å²) in [6, 6.07) is -1.83. The van der Waals surface area contributed by atoms with Gasteiger partial charge in [0.25, 0.3) is 5.91 Å². The third-order valence-electron chi connectivity index (χ3n) is 2.35. The van der Waals surface area contributed by atoms with Gasteiger partial charge in [0, 0.05) is 0 Å². The van der Waals surface area contributed by atoms with Crippen molar-refractivity contribution < 1.29 is 18.0 Å². The number of carbonyl (C=O) groups is 1. The van der Waals surface area contributed by atoms with Gasteiger partial charge >= 0.3 is 6.18 Å². The SMILES string of the molecule is CCCc1c(C(N)=O)nnn1C(C)C(F)(F)F. The van der Waals surface area contributed by atoms with Crippen molar-refractivity contribution in [3.8, 4) is 0 Å². The van der Waals surface area contributed by atoms with Crippen molar-refractivity contribution in [1.29, 1.82) is 0 Å². The molecule has 1 aromatic heterocycles. The van der Waals surface area contributed by atoms with Crippen LogP contribution in [0.4, 0.5) is 13.2 Å². The van der Waals surface area contributed by atoms with Crippen LogP contribution in [-0.4, -0.2) is 27.1 Å². The second kappa shape index (κ2) is 4.72. The van der Waals surface area contributed by atoms with E-state index in [1.165, 1.54) is 0 Å². The number of aromatic nitrogens is 3. The molecule has 1 heterocycles. The predicted molar refractivity (Wildman–Crippen MR) is 53.3 cm³/mol. The summed E-state index contributed by atoms with van der Waals surface area (Å²) in [5.74, 6) is -0.867. The van der Waals surface area contributed by atoms with Crippen LogP contribution in [0.1, 0.15) is 42.5 Å². The van der Waals surface area contributed by atoms with Crippen molar-refractivity contribution in [1.82, 2.24) is 15.0 Å². The Kier molecular flexibility index (Phi) is 3.74. The minimum absolute atomic E-state index is 0.129. The second-order valence-electron chi connectivity index (χ2n) is 3.66. The predicted octanol–water partition coefficient (Wildman–Crippen LogP) is 1.45. The first-order valence-electron chi connectivity index (χ1n) is 5.09. The number of nitrogens with zero attached hydrogens (tertiary/aromatic N) is 3. The lowest BCUT2D eigenvalue weighted by Gasteiger charge is -2.17. The van der Waals surface area contributed by atoms with E-state index in [1.807, 2.05) is 0 Å². The smallest absolute Gasteiger partial charge is 0.364 e. The fraction of sp³-hybridized carbons (Fsp3) is 0.667. The molecule has 17 heavy (non-hydrogen) atoms. The van der Waals surface area contributed by atoms with Crippen LogP contribution >= 0.6 is 0 Å². The molecule has 8 heteroatoms. The van der Waals surface area contributed by atoms with Gasteiger partial charge in [0.2, 0.25) is 0 Å². The van der Waals surface area contributed by atoms with Gasteiger partial charge in [-0.25, -0.2) is 4.68 Å². The first kappa shape index (κ1) is 13.5. The number of primary amides is 1. The average Bonchev–Trinajstić information content (AvgIpc) is 2.59. The summed E-state index contributed by atoms with van der Waals surface area (Å²) in [4.78, 5) is 11.0. The van der Waals surface area contributed by atoms with Crippen molar-refractivity contribution in [3.05, 3.63) is 11.4 Å². The number of halogens is 3. The lowest BCUT2D eigenvalue weighted by atomic mass is 10.2. The van der Waals surface area contributed by atoms with E-state index in [4.69, 9.17) is 5.73 Å². The van der Waals surface area contributed by atoms with Gasteiger partial charge in [0.05, 0.1) is 5.69 Å². The van der Waals surface area contributed by atoms with Gasteiger partial charge in [-0.1, -0.05) is 18.6 Å². The summed E-state index contributed by atoms with van der Waals surface area (Å²) in [5, 5.41) is 6.78. The zero-order valence-electron chi connectivity index (χ0n) is 9.45. The summed E-state index contributed by atoms with van der Waals surface area (Å²) < 4.78 is 38.4. The van der Waals surface area contributed by atoms with E-state index < -0.39 is 18.1 Å². The fourth-order valence-electron chi connectivity index (χ4n) is 1.42. The molecule has 0 bridgehead atoms. The van der Waals surface area contributed by atoms with Crippen molar-refractivity contribution in [2.75, 3.05) is 0 Å². The van der Waals surface area contributed by atoms with E-state index in [1.54, 1.807) is 6.92 Å². The zero-order chi connectivity index (χ0) is 13.2. The highest BCUT2D eigenvalue weighted by Crippen LogP contribution is 2.30. The first-order valence-corrected chi connectivity index (χ1v) is 5.09. The highest BCUT2D eigenvalue weighted by Gasteiger charge is 2.40. The number of rotatable bonds is 4. The standard InChI is InChI=1S/C9H13F3N4O/c1-3-4-6-7(8(13)17)14-15-16(6)5(2)9(10,11)12/h5H,3-4H2,1-2H3,(H2,13,17). The second-order valence-corrected chi connectivity index (χ2v) is 3.66. The fourth-order valence-corrected chi connectivity index (χ4v) is 1.42. The Morgan fingerprint density at radius 1 is 1.53 bits per heavy atom. The van der Waals surface area contributed by atoms with Crippen molar-refractivity contribution >= 4 is 5.91 Å². The number of amides is 1. The van der Waals surface area contributed by atoms with Crippen LogP contribution in [0.5, 0.6) is 0 Å². The molecule has 0 aliphatic carbocycles. The lowest BCUT2D eigenvalue weighted by molar-refractivity contribution is -0.166. The molecule has 0 radical (unpaired) electrons. The normalized spacial score (nSPS) is 13.7. The Morgan fingerprint density at radius 2 is 2.12 bits per heavy atom. The topological polar surface area (TPSA) is 73.8 Å². The largest absolute Gasteiger partial charge is 0.410 e. The van der Waals surface area contributed by atoms with Gasteiger partial charge in [0.1, 0.15) is 6.04 Å². The molecule has 0 aromatic carbocycles. The van der Waals surface area contributed by atoms with Crippen LogP contribution in [0.3, 0.4) is 0 Å². The molecule has 5 nitrogen and oxygen atoms in total. The number of alkyl halides is 3. The maximum atomic E-state index is 12.6. The molecule has 0 aliphatic rings. The van der Waals surface area contributed by atoms with E-state index in [9.17, 15) is 18.0 Å². The van der Waals surface area contributed by atoms with Gasteiger partial charge in [-0.05, 0) is 13.3 Å². The van der Waals surface area contributed by atoms with Crippen LogP contribution < -0.4 is 5.73 Å². The van der Waals surface area contributed by atoms with Crippen LogP contribution in [0.15, 0.2) is 0 Å². The third kappa shape index (κ3) is 2.75. The number of nitrogens with two attached hydrogens (primary N) is 1. The van der Waals surface area contributed by atoms with Gasteiger partial charge in [-0.15, -0.1) is 5.10 Å². The van der Waals surface area contributed by atoms with Crippen LogP contribution in [0, 0.1) is 0 Å². The van der Waals surface area contributed by atoms with Crippen LogP contribution in [0.2, 0.25) is 0 Å². The minimum atomic E-state index is -4.44.